The molecule has 0 spiro atoms. The maximum Gasteiger partial charge on any atom is 0.248 e. The minimum Gasteiger partial charge on any atom is -0.381 e. The van der Waals surface area contributed by atoms with Crippen LogP contribution in [-0.4, -0.2) is 23.7 Å². The average molecular weight is 294 g/mol. The van der Waals surface area contributed by atoms with E-state index < -0.39 is 0 Å². The van der Waals surface area contributed by atoms with Gasteiger partial charge in [0.25, 0.3) is 0 Å². The van der Waals surface area contributed by atoms with E-state index in [9.17, 15) is 4.79 Å². The highest BCUT2D eigenvalue weighted by Gasteiger charge is 2.21. The lowest BCUT2D eigenvalue weighted by atomic mass is 10.1. The summed E-state index contributed by atoms with van der Waals surface area (Å²) in [4.78, 5) is 11.5. The molecule has 0 radical (unpaired) electrons. The molecule has 0 saturated carbocycles. The van der Waals surface area contributed by atoms with Crippen LogP contribution in [0.4, 0.5) is 0 Å². The Morgan fingerprint density at radius 1 is 1.05 bits per heavy atom. The number of amides is 1. The number of hydrogen-bond acceptors (Lipinski definition) is 2. The molecule has 1 fully saturated rings. The van der Waals surface area contributed by atoms with Gasteiger partial charge in [0.15, 0.2) is 0 Å². The van der Waals surface area contributed by atoms with Crippen molar-refractivity contribution in [2.75, 3.05) is 13.2 Å². The Morgan fingerprint density at radius 2 is 1.77 bits per heavy atom. The number of carbonyl (C=O) groups is 1. The zero-order valence-electron chi connectivity index (χ0n) is 12.3. The molecule has 1 aliphatic rings. The Bertz CT molecular complexity index is 860. The SMILES string of the molecule is NC(=O)c1ccc2c3ccccc3n(C3CCOCC3)c2c1. The number of para-hydroxylation sites is 1. The van der Waals surface area contributed by atoms with Crippen LogP contribution in [0, 0.1) is 0 Å². The van der Waals surface area contributed by atoms with Crippen molar-refractivity contribution >= 4 is 27.7 Å². The van der Waals surface area contributed by atoms with Gasteiger partial charge in [-0.3, -0.25) is 4.79 Å². The Labute approximate surface area is 128 Å². The van der Waals surface area contributed by atoms with E-state index in [4.69, 9.17) is 10.5 Å². The summed E-state index contributed by atoms with van der Waals surface area (Å²) in [6, 6.07) is 14.5. The van der Waals surface area contributed by atoms with Gasteiger partial charge in [-0.25, -0.2) is 0 Å². The Hall–Kier alpha value is -2.33. The molecule has 4 heteroatoms. The summed E-state index contributed by atoms with van der Waals surface area (Å²) in [6.45, 7) is 1.57. The molecule has 0 aliphatic carbocycles. The zero-order chi connectivity index (χ0) is 15.1. The Morgan fingerprint density at radius 3 is 2.55 bits per heavy atom. The van der Waals surface area contributed by atoms with E-state index in [0.29, 0.717) is 11.6 Å². The summed E-state index contributed by atoms with van der Waals surface area (Å²) < 4.78 is 7.86. The van der Waals surface area contributed by atoms with E-state index in [1.165, 1.54) is 16.3 Å². The van der Waals surface area contributed by atoms with E-state index >= 15 is 0 Å². The second-order valence-electron chi connectivity index (χ2n) is 5.83. The smallest absolute Gasteiger partial charge is 0.248 e. The van der Waals surface area contributed by atoms with Gasteiger partial charge in [-0.15, -0.1) is 0 Å². The third-order valence-corrected chi connectivity index (χ3v) is 4.55. The molecule has 2 aromatic carbocycles. The number of hydrogen-bond donors (Lipinski definition) is 1. The van der Waals surface area contributed by atoms with Crippen LogP contribution in [0.3, 0.4) is 0 Å². The maximum atomic E-state index is 11.5. The van der Waals surface area contributed by atoms with Gasteiger partial charge < -0.3 is 15.0 Å². The summed E-state index contributed by atoms with van der Waals surface area (Å²) in [6.07, 6.45) is 1.99. The fourth-order valence-corrected chi connectivity index (χ4v) is 3.49. The van der Waals surface area contributed by atoms with Crippen molar-refractivity contribution in [3.63, 3.8) is 0 Å². The number of ether oxygens (including phenoxy) is 1. The van der Waals surface area contributed by atoms with Crippen molar-refractivity contribution in [1.82, 2.24) is 4.57 Å². The fraction of sp³-hybridized carbons (Fsp3) is 0.278. The molecule has 1 aliphatic heterocycles. The number of nitrogens with two attached hydrogens (primary N) is 1. The second kappa shape index (κ2) is 5.14. The Kier molecular flexibility index (Phi) is 3.12. The van der Waals surface area contributed by atoms with Crippen LogP contribution in [0.1, 0.15) is 29.2 Å². The largest absolute Gasteiger partial charge is 0.381 e. The van der Waals surface area contributed by atoms with Crippen LogP contribution in [0.5, 0.6) is 0 Å². The first-order valence-electron chi connectivity index (χ1n) is 7.66. The second-order valence-corrected chi connectivity index (χ2v) is 5.83. The van der Waals surface area contributed by atoms with Crippen molar-refractivity contribution in [3.8, 4) is 0 Å². The highest BCUT2D eigenvalue weighted by molar-refractivity contribution is 6.10. The summed E-state index contributed by atoms with van der Waals surface area (Å²) in [7, 11) is 0. The van der Waals surface area contributed by atoms with Crippen molar-refractivity contribution in [1.29, 1.82) is 0 Å². The topological polar surface area (TPSA) is 57.2 Å². The molecule has 2 N–H and O–H groups in total. The molecular formula is C18H18N2O2. The molecule has 0 bridgehead atoms. The molecule has 0 atom stereocenters. The molecule has 0 unspecified atom stereocenters. The number of carbonyl (C=O) groups excluding carboxylic acids is 1. The third-order valence-electron chi connectivity index (χ3n) is 4.55. The average Bonchev–Trinajstić information content (AvgIpc) is 2.89. The first-order chi connectivity index (χ1) is 10.8. The normalized spacial score (nSPS) is 16.4. The van der Waals surface area contributed by atoms with E-state index in [-0.39, 0.29) is 5.91 Å². The number of aromatic nitrogens is 1. The molecule has 4 nitrogen and oxygen atoms in total. The number of benzene rings is 2. The van der Waals surface area contributed by atoms with Crippen molar-refractivity contribution < 1.29 is 9.53 Å². The molecule has 112 valence electrons. The quantitative estimate of drug-likeness (QED) is 0.788. The fourth-order valence-electron chi connectivity index (χ4n) is 3.49. The molecular weight excluding hydrogens is 276 g/mol. The van der Waals surface area contributed by atoms with Gasteiger partial charge >= 0.3 is 0 Å². The standard InChI is InChI=1S/C18H18N2O2/c19-18(21)12-5-6-15-14-3-1-2-4-16(14)20(17(15)11-12)13-7-9-22-10-8-13/h1-6,11,13H,7-10H2,(H2,19,21). The van der Waals surface area contributed by atoms with Crippen LogP contribution in [0.2, 0.25) is 0 Å². The lowest BCUT2D eigenvalue weighted by molar-refractivity contribution is 0.0717. The molecule has 1 saturated heterocycles. The van der Waals surface area contributed by atoms with Gasteiger partial charge in [0.1, 0.15) is 0 Å². The monoisotopic (exact) mass is 294 g/mol. The number of rotatable bonds is 2. The van der Waals surface area contributed by atoms with Crippen LogP contribution < -0.4 is 5.73 Å². The predicted octanol–water partition coefficient (Wildman–Crippen LogP) is 3.24. The van der Waals surface area contributed by atoms with Gasteiger partial charge in [0.2, 0.25) is 5.91 Å². The van der Waals surface area contributed by atoms with Crippen LogP contribution in [0.15, 0.2) is 42.5 Å². The number of nitrogens with zero attached hydrogens (tertiary/aromatic N) is 1. The summed E-state index contributed by atoms with van der Waals surface area (Å²) in [5.41, 5.74) is 8.32. The molecule has 4 rings (SSSR count). The van der Waals surface area contributed by atoms with E-state index in [1.807, 2.05) is 18.2 Å². The number of fused-ring (bicyclic) bond motifs is 3. The van der Waals surface area contributed by atoms with Crippen LogP contribution in [0.25, 0.3) is 21.8 Å². The summed E-state index contributed by atoms with van der Waals surface area (Å²) in [5, 5.41) is 2.40. The lowest BCUT2D eigenvalue weighted by Crippen LogP contribution is -2.19. The highest BCUT2D eigenvalue weighted by atomic mass is 16.5. The van der Waals surface area contributed by atoms with Crippen molar-refractivity contribution in [3.05, 3.63) is 48.0 Å². The number of primary amides is 1. The zero-order valence-corrected chi connectivity index (χ0v) is 12.3. The van der Waals surface area contributed by atoms with E-state index in [1.54, 1.807) is 0 Å². The first-order valence-corrected chi connectivity index (χ1v) is 7.66. The minimum atomic E-state index is -0.384. The molecule has 1 aromatic heterocycles. The van der Waals surface area contributed by atoms with Gasteiger partial charge in [0, 0.05) is 41.1 Å². The molecule has 2 heterocycles. The van der Waals surface area contributed by atoms with E-state index in [2.05, 4.69) is 28.8 Å². The van der Waals surface area contributed by atoms with E-state index in [0.717, 1.165) is 31.6 Å². The summed E-state index contributed by atoms with van der Waals surface area (Å²) in [5.74, 6) is -0.384. The van der Waals surface area contributed by atoms with Gasteiger partial charge in [-0.2, -0.15) is 0 Å². The molecule has 1 amide bonds. The highest BCUT2D eigenvalue weighted by Crippen LogP contribution is 2.35. The van der Waals surface area contributed by atoms with Crippen LogP contribution >= 0.6 is 0 Å². The lowest BCUT2D eigenvalue weighted by Gasteiger charge is -2.25. The first kappa shape index (κ1) is 13.3. The van der Waals surface area contributed by atoms with Crippen molar-refractivity contribution in [2.24, 2.45) is 5.73 Å². The van der Waals surface area contributed by atoms with Crippen LogP contribution in [-0.2, 0) is 4.74 Å². The maximum absolute atomic E-state index is 11.5. The molecule has 22 heavy (non-hydrogen) atoms. The Balaban J connectivity index is 2.04. The minimum absolute atomic E-state index is 0.384. The van der Waals surface area contributed by atoms with Gasteiger partial charge in [0.05, 0.1) is 5.52 Å². The van der Waals surface area contributed by atoms with Gasteiger partial charge in [-0.05, 0) is 31.0 Å². The third kappa shape index (κ3) is 1.99. The van der Waals surface area contributed by atoms with Crippen molar-refractivity contribution in [2.45, 2.75) is 18.9 Å². The predicted molar refractivity (Wildman–Crippen MR) is 87.1 cm³/mol. The summed E-state index contributed by atoms with van der Waals surface area (Å²) >= 11 is 0. The molecule has 3 aromatic rings. The van der Waals surface area contributed by atoms with Gasteiger partial charge in [-0.1, -0.05) is 24.3 Å².